The highest BCUT2D eigenvalue weighted by molar-refractivity contribution is 7.91. The predicted molar refractivity (Wildman–Crippen MR) is 103 cm³/mol. The van der Waals surface area contributed by atoms with Gasteiger partial charge in [0.1, 0.15) is 0 Å². The Morgan fingerprint density at radius 1 is 1.00 bits per heavy atom. The number of benzene rings is 2. The zero-order chi connectivity index (χ0) is 19.4. The third-order valence-electron chi connectivity index (χ3n) is 5.07. The van der Waals surface area contributed by atoms with E-state index in [4.69, 9.17) is 0 Å². The van der Waals surface area contributed by atoms with E-state index in [9.17, 15) is 17.2 Å². The molecule has 27 heavy (non-hydrogen) atoms. The first-order valence-corrected chi connectivity index (χ1v) is 10.6. The van der Waals surface area contributed by atoms with E-state index >= 15 is 0 Å². The van der Waals surface area contributed by atoms with Crippen LogP contribution in [-0.2, 0) is 16.4 Å². The maximum atomic E-state index is 13.1. The lowest BCUT2D eigenvalue weighted by Crippen LogP contribution is -2.34. The van der Waals surface area contributed by atoms with Gasteiger partial charge in [-0.2, -0.15) is 8.78 Å². The van der Waals surface area contributed by atoms with E-state index in [1.807, 2.05) is 23.1 Å². The fraction of sp³-hybridized carbons (Fsp3) is 0.400. The summed E-state index contributed by atoms with van der Waals surface area (Å²) in [5.41, 5.74) is 1.59. The van der Waals surface area contributed by atoms with Gasteiger partial charge in [0.05, 0.1) is 10.6 Å². The van der Waals surface area contributed by atoms with Crippen LogP contribution < -0.4 is 4.90 Å². The van der Waals surface area contributed by atoms with Crippen molar-refractivity contribution in [1.29, 1.82) is 0 Å². The summed E-state index contributed by atoms with van der Waals surface area (Å²) in [5, 5.41) is 0. The molecule has 146 valence electrons. The van der Waals surface area contributed by atoms with Gasteiger partial charge in [0.15, 0.2) is 0 Å². The van der Waals surface area contributed by atoms with Crippen LogP contribution in [0.4, 0.5) is 14.5 Å². The van der Waals surface area contributed by atoms with Crippen LogP contribution in [0.2, 0.25) is 0 Å². The summed E-state index contributed by atoms with van der Waals surface area (Å²) in [5.74, 6) is -3.42. The summed E-state index contributed by atoms with van der Waals surface area (Å²) in [6.07, 6.45) is 0.829. The molecule has 2 aromatic carbocycles. The molecule has 0 radical (unpaired) electrons. The Kier molecular flexibility index (Phi) is 6.11. The second-order valence-electron chi connectivity index (χ2n) is 6.85. The second-order valence-corrected chi connectivity index (χ2v) is 8.74. The highest BCUT2D eigenvalue weighted by Crippen LogP contribution is 2.30. The average Bonchev–Trinajstić information content (AvgIpc) is 2.84. The number of alkyl halides is 2. The summed E-state index contributed by atoms with van der Waals surface area (Å²) in [6, 6.07) is 16.5. The maximum absolute atomic E-state index is 13.1. The van der Waals surface area contributed by atoms with Gasteiger partial charge in [0.2, 0.25) is 9.84 Å². The van der Waals surface area contributed by atoms with Gasteiger partial charge >= 0.3 is 5.76 Å². The van der Waals surface area contributed by atoms with Crippen LogP contribution >= 0.6 is 0 Å². The Balaban J connectivity index is 1.81. The molecule has 0 spiro atoms. The van der Waals surface area contributed by atoms with Crippen molar-refractivity contribution in [3.8, 4) is 0 Å². The standard InChI is InChI=1S/C20H24F2N2O2S/c1-16-11-12-23(13-14-24(16)15-17-7-3-2-4-8-17)18-9-5-6-10-19(18)27(25,26)20(21)22/h2-10,16,20H,11-15H2,1H3. The Hall–Kier alpha value is -1.99. The zero-order valence-corrected chi connectivity index (χ0v) is 16.1. The van der Waals surface area contributed by atoms with Crippen molar-refractivity contribution in [3.05, 3.63) is 60.2 Å². The van der Waals surface area contributed by atoms with E-state index < -0.39 is 15.6 Å². The Labute approximate surface area is 159 Å². The minimum atomic E-state index is -4.63. The van der Waals surface area contributed by atoms with Crippen LogP contribution in [0.3, 0.4) is 0 Å². The number of rotatable bonds is 5. The molecule has 0 amide bonds. The summed E-state index contributed by atoms with van der Waals surface area (Å²) in [4.78, 5) is 3.97. The third-order valence-corrected chi connectivity index (χ3v) is 6.50. The number of hydrogen-bond donors (Lipinski definition) is 0. The van der Waals surface area contributed by atoms with Crippen LogP contribution in [0.25, 0.3) is 0 Å². The number of hydrogen-bond acceptors (Lipinski definition) is 4. The molecule has 0 aromatic heterocycles. The average molecular weight is 394 g/mol. The fourth-order valence-electron chi connectivity index (χ4n) is 3.46. The van der Waals surface area contributed by atoms with E-state index in [0.29, 0.717) is 24.8 Å². The summed E-state index contributed by atoms with van der Waals surface area (Å²) >= 11 is 0. The van der Waals surface area contributed by atoms with Gasteiger partial charge in [0.25, 0.3) is 0 Å². The monoisotopic (exact) mass is 394 g/mol. The number of para-hydroxylation sites is 1. The van der Waals surface area contributed by atoms with E-state index in [2.05, 4.69) is 24.0 Å². The summed E-state index contributed by atoms with van der Waals surface area (Å²) < 4.78 is 50.3. The van der Waals surface area contributed by atoms with E-state index in [1.165, 1.54) is 17.7 Å². The van der Waals surface area contributed by atoms with Gasteiger partial charge < -0.3 is 4.90 Å². The molecule has 3 rings (SSSR count). The van der Waals surface area contributed by atoms with Crippen molar-refractivity contribution < 1.29 is 17.2 Å². The molecule has 1 fully saturated rings. The molecule has 0 saturated carbocycles. The first kappa shape index (κ1) is 19.8. The van der Waals surface area contributed by atoms with E-state index in [1.54, 1.807) is 12.1 Å². The lowest BCUT2D eigenvalue weighted by atomic mass is 10.1. The van der Waals surface area contributed by atoms with Crippen molar-refractivity contribution in [2.24, 2.45) is 0 Å². The summed E-state index contributed by atoms with van der Waals surface area (Å²) in [6.45, 7) is 4.91. The molecule has 2 aromatic rings. The molecule has 7 heteroatoms. The van der Waals surface area contributed by atoms with Crippen molar-refractivity contribution in [1.82, 2.24) is 4.90 Å². The van der Waals surface area contributed by atoms with Crippen LogP contribution in [0.1, 0.15) is 18.9 Å². The van der Waals surface area contributed by atoms with E-state index in [-0.39, 0.29) is 4.90 Å². The Bertz CT molecular complexity index is 859. The first-order valence-electron chi connectivity index (χ1n) is 9.03. The van der Waals surface area contributed by atoms with Crippen molar-refractivity contribution >= 4 is 15.5 Å². The highest BCUT2D eigenvalue weighted by atomic mass is 32.2. The van der Waals surface area contributed by atoms with Crippen LogP contribution in [0, 0.1) is 0 Å². The molecule has 0 N–H and O–H groups in total. The fourth-order valence-corrected chi connectivity index (χ4v) is 4.40. The van der Waals surface area contributed by atoms with Crippen molar-refractivity contribution in [2.45, 2.75) is 36.6 Å². The van der Waals surface area contributed by atoms with Gasteiger partial charge in [0, 0.05) is 32.2 Å². The molecule has 0 aliphatic carbocycles. The second kappa shape index (κ2) is 8.35. The molecular weight excluding hydrogens is 370 g/mol. The molecule has 0 bridgehead atoms. The molecule has 1 atom stereocenters. The topological polar surface area (TPSA) is 40.6 Å². The minimum Gasteiger partial charge on any atom is -0.369 e. The zero-order valence-electron chi connectivity index (χ0n) is 15.3. The molecule has 4 nitrogen and oxygen atoms in total. The van der Waals surface area contributed by atoms with Crippen molar-refractivity contribution in [2.75, 3.05) is 24.5 Å². The van der Waals surface area contributed by atoms with Gasteiger partial charge in [-0.25, -0.2) is 8.42 Å². The summed E-state index contributed by atoms with van der Waals surface area (Å²) in [7, 11) is -4.63. The number of anilines is 1. The highest BCUT2D eigenvalue weighted by Gasteiger charge is 2.31. The van der Waals surface area contributed by atoms with E-state index in [0.717, 1.165) is 19.5 Å². The van der Waals surface area contributed by atoms with Gasteiger partial charge in [-0.15, -0.1) is 0 Å². The van der Waals surface area contributed by atoms with Crippen molar-refractivity contribution in [3.63, 3.8) is 0 Å². The quantitative estimate of drug-likeness (QED) is 0.774. The lowest BCUT2D eigenvalue weighted by molar-refractivity contribution is 0.212. The molecular formula is C20H24F2N2O2S. The molecule has 1 heterocycles. The van der Waals surface area contributed by atoms with Crippen LogP contribution in [0.15, 0.2) is 59.5 Å². The maximum Gasteiger partial charge on any atom is 0.341 e. The van der Waals surface area contributed by atoms with Gasteiger partial charge in [-0.05, 0) is 31.0 Å². The SMILES string of the molecule is CC1CCN(c2ccccc2S(=O)(=O)C(F)F)CCN1Cc1ccccc1. The minimum absolute atomic E-state index is 0.288. The predicted octanol–water partition coefficient (Wildman–Crippen LogP) is 3.78. The van der Waals surface area contributed by atoms with Gasteiger partial charge in [-0.3, -0.25) is 4.90 Å². The number of nitrogens with zero attached hydrogens (tertiary/aromatic N) is 2. The molecule has 1 aliphatic rings. The number of halogens is 2. The third kappa shape index (κ3) is 4.47. The van der Waals surface area contributed by atoms with Gasteiger partial charge in [-0.1, -0.05) is 42.5 Å². The van der Waals surface area contributed by atoms with Crippen LogP contribution in [0.5, 0.6) is 0 Å². The number of sulfone groups is 1. The Morgan fingerprint density at radius 3 is 2.37 bits per heavy atom. The lowest BCUT2D eigenvalue weighted by Gasteiger charge is -2.27. The largest absolute Gasteiger partial charge is 0.369 e. The van der Waals surface area contributed by atoms with Crippen LogP contribution in [-0.4, -0.2) is 44.8 Å². The Morgan fingerprint density at radius 2 is 1.67 bits per heavy atom. The molecule has 1 unspecified atom stereocenters. The normalized spacial score (nSPS) is 19.3. The molecule has 1 aliphatic heterocycles. The first-order chi connectivity index (χ1) is 12.9. The smallest absolute Gasteiger partial charge is 0.341 e. The molecule has 1 saturated heterocycles.